The number of hydrogen-bond donors (Lipinski definition) is 1. The number of carboxylic acid groups (broad SMARTS) is 1. The molecule has 0 spiro atoms. The van der Waals surface area contributed by atoms with Crippen LogP contribution in [0.4, 0.5) is 5.69 Å². The molecule has 21 heavy (non-hydrogen) atoms. The molecule has 6 heteroatoms. The van der Waals surface area contributed by atoms with Gasteiger partial charge in [-0.05, 0) is 37.9 Å². The summed E-state index contributed by atoms with van der Waals surface area (Å²) in [6, 6.07) is 9.10. The first-order valence-electron chi connectivity index (χ1n) is 6.27. The Morgan fingerprint density at radius 2 is 2.05 bits per heavy atom. The first-order valence-corrected chi connectivity index (χ1v) is 7.47. The molecule has 0 atom stereocenters. The number of aliphatic imine (C=N–C) groups is 1. The Labute approximate surface area is 132 Å². The van der Waals surface area contributed by atoms with Gasteiger partial charge in [0.05, 0.1) is 5.69 Å². The van der Waals surface area contributed by atoms with Crippen molar-refractivity contribution in [1.82, 2.24) is 4.90 Å². The fourth-order valence-corrected chi connectivity index (χ4v) is 2.76. The Kier molecular flexibility index (Phi) is 5.12. The van der Waals surface area contributed by atoms with Gasteiger partial charge in [0.25, 0.3) is 0 Å². The highest BCUT2D eigenvalue weighted by Gasteiger charge is 2.15. The van der Waals surface area contributed by atoms with Crippen molar-refractivity contribution in [3.63, 3.8) is 0 Å². The maximum Gasteiger partial charge on any atom is 0.348 e. The Morgan fingerprint density at radius 1 is 1.38 bits per heavy atom. The summed E-state index contributed by atoms with van der Waals surface area (Å²) in [4.78, 5) is 18.7. The van der Waals surface area contributed by atoms with Crippen molar-refractivity contribution in [1.29, 1.82) is 0 Å². The number of nitrogens with zero attached hydrogens (tertiary/aromatic N) is 2. The predicted octanol–water partition coefficient (Wildman–Crippen LogP) is 4.03. The number of carbonyl (C=O) groups is 1. The summed E-state index contributed by atoms with van der Waals surface area (Å²) in [5, 5.41) is 9.93. The van der Waals surface area contributed by atoms with Crippen LogP contribution in [-0.2, 0) is 0 Å². The lowest BCUT2D eigenvalue weighted by atomic mass is 10.2. The van der Waals surface area contributed by atoms with E-state index in [1.165, 1.54) is 11.3 Å². The molecular formula is C15H15ClN2O2S. The molecule has 110 valence electrons. The van der Waals surface area contributed by atoms with Crippen molar-refractivity contribution in [3.8, 4) is 10.4 Å². The summed E-state index contributed by atoms with van der Waals surface area (Å²) < 4.78 is 0. The first-order chi connectivity index (χ1) is 9.97. The molecular weight excluding hydrogens is 308 g/mol. The Bertz CT molecular complexity index is 663. The number of benzene rings is 1. The van der Waals surface area contributed by atoms with Crippen LogP contribution in [0.25, 0.3) is 10.4 Å². The normalized spacial score (nSPS) is 11.4. The van der Waals surface area contributed by atoms with Crippen LogP contribution >= 0.6 is 22.9 Å². The molecule has 1 aromatic carbocycles. The number of carboxylic acids is 1. The number of aromatic carboxylic acids is 1. The van der Waals surface area contributed by atoms with Gasteiger partial charge in [0.1, 0.15) is 4.88 Å². The fraction of sp³-hybridized carbons (Fsp3) is 0.200. The molecule has 0 aliphatic carbocycles. The standard InChI is InChI=1S/C15H15ClN2O2S/c1-18(2)8-7-17-12-9-13(21-14(12)15(19)20)10-3-5-11(16)6-4-10/h3-7,9H,8H2,1-2H3,(H,19,20). The lowest BCUT2D eigenvalue weighted by molar-refractivity contribution is 0.0703. The van der Waals surface area contributed by atoms with Crippen LogP contribution in [0.5, 0.6) is 0 Å². The zero-order valence-corrected chi connectivity index (χ0v) is 13.3. The maximum absolute atomic E-state index is 11.3. The minimum Gasteiger partial charge on any atom is -0.477 e. The second-order valence-corrected chi connectivity index (χ2v) is 6.20. The summed E-state index contributed by atoms with van der Waals surface area (Å²) in [7, 11) is 3.85. The van der Waals surface area contributed by atoms with Crippen LogP contribution in [-0.4, -0.2) is 42.8 Å². The van der Waals surface area contributed by atoms with Gasteiger partial charge in [-0.1, -0.05) is 23.7 Å². The number of halogens is 1. The van der Waals surface area contributed by atoms with Crippen molar-refractivity contribution in [3.05, 3.63) is 40.2 Å². The molecule has 0 aliphatic rings. The maximum atomic E-state index is 11.3. The van der Waals surface area contributed by atoms with E-state index in [1.807, 2.05) is 31.1 Å². The van der Waals surface area contributed by atoms with E-state index in [0.29, 0.717) is 17.3 Å². The van der Waals surface area contributed by atoms with E-state index in [1.54, 1.807) is 24.4 Å². The van der Waals surface area contributed by atoms with E-state index in [-0.39, 0.29) is 4.88 Å². The van der Waals surface area contributed by atoms with E-state index in [4.69, 9.17) is 11.6 Å². The summed E-state index contributed by atoms with van der Waals surface area (Å²) in [6.45, 7) is 0.658. The molecule has 1 N–H and O–H groups in total. The van der Waals surface area contributed by atoms with E-state index in [9.17, 15) is 9.90 Å². The van der Waals surface area contributed by atoms with Crippen LogP contribution in [0.2, 0.25) is 5.02 Å². The van der Waals surface area contributed by atoms with Gasteiger partial charge < -0.3 is 10.0 Å². The minimum absolute atomic E-state index is 0.245. The highest BCUT2D eigenvalue weighted by molar-refractivity contribution is 7.17. The van der Waals surface area contributed by atoms with Crippen molar-refractivity contribution in [2.75, 3.05) is 20.6 Å². The topological polar surface area (TPSA) is 52.9 Å². The number of hydrogen-bond acceptors (Lipinski definition) is 4. The molecule has 0 saturated heterocycles. The molecule has 0 unspecified atom stereocenters. The van der Waals surface area contributed by atoms with Gasteiger partial charge in [0.2, 0.25) is 0 Å². The molecule has 0 radical (unpaired) electrons. The molecule has 0 saturated carbocycles. The summed E-state index contributed by atoms with van der Waals surface area (Å²) in [5.74, 6) is -0.961. The van der Waals surface area contributed by atoms with E-state index < -0.39 is 5.97 Å². The van der Waals surface area contributed by atoms with Crippen molar-refractivity contribution >= 4 is 40.8 Å². The number of rotatable bonds is 5. The van der Waals surface area contributed by atoms with E-state index in [0.717, 1.165) is 10.4 Å². The van der Waals surface area contributed by atoms with Crippen molar-refractivity contribution < 1.29 is 9.90 Å². The van der Waals surface area contributed by atoms with Crippen molar-refractivity contribution in [2.24, 2.45) is 4.99 Å². The first kappa shape index (κ1) is 15.7. The summed E-state index contributed by atoms with van der Waals surface area (Å²) in [6.07, 6.45) is 1.71. The van der Waals surface area contributed by atoms with Gasteiger partial charge in [0.15, 0.2) is 0 Å². The van der Waals surface area contributed by atoms with Crippen LogP contribution in [0, 0.1) is 0 Å². The minimum atomic E-state index is -0.961. The Balaban J connectivity index is 2.34. The molecule has 2 rings (SSSR count). The second-order valence-electron chi connectivity index (χ2n) is 4.71. The third-order valence-electron chi connectivity index (χ3n) is 2.71. The number of thiophene rings is 1. The Hall–Kier alpha value is -1.69. The molecule has 0 bridgehead atoms. The Morgan fingerprint density at radius 3 is 2.62 bits per heavy atom. The molecule has 0 aliphatic heterocycles. The largest absolute Gasteiger partial charge is 0.477 e. The van der Waals surface area contributed by atoms with Crippen LogP contribution < -0.4 is 0 Å². The van der Waals surface area contributed by atoms with Crippen LogP contribution in [0.3, 0.4) is 0 Å². The van der Waals surface area contributed by atoms with Gasteiger partial charge in [0, 0.05) is 22.7 Å². The molecule has 0 fully saturated rings. The zero-order valence-electron chi connectivity index (χ0n) is 11.7. The van der Waals surface area contributed by atoms with Gasteiger partial charge in [-0.3, -0.25) is 4.99 Å². The fourth-order valence-electron chi connectivity index (χ4n) is 1.69. The van der Waals surface area contributed by atoms with Crippen molar-refractivity contribution in [2.45, 2.75) is 0 Å². The lowest BCUT2D eigenvalue weighted by Crippen LogP contribution is -2.13. The third-order valence-corrected chi connectivity index (χ3v) is 4.13. The zero-order chi connectivity index (χ0) is 15.4. The smallest absolute Gasteiger partial charge is 0.348 e. The quantitative estimate of drug-likeness (QED) is 0.845. The van der Waals surface area contributed by atoms with Gasteiger partial charge >= 0.3 is 5.97 Å². The SMILES string of the molecule is CN(C)CC=Nc1cc(-c2ccc(Cl)cc2)sc1C(=O)O. The molecule has 1 heterocycles. The van der Waals surface area contributed by atoms with Gasteiger partial charge in [-0.25, -0.2) is 4.79 Å². The summed E-state index contributed by atoms with van der Waals surface area (Å²) in [5.41, 5.74) is 1.42. The van der Waals surface area contributed by atoms with E-state index >= 15 is 0 Å². The average molecular weight is 323 g/mol. The van der Waals surface area contributed by atoms with Gasteiger partial charge in [-0.2, -0.15) is 0 Å². The van der Waals surface area contributed by atoms with E-state index in [2.05, 4.69) is 4.99 Å². The second kappa shape index (κ2) is 6.85. The average Bonchev–Trinajstić information content (AvgIpc) is 2.83. The third kappa shape index (κ3) is 4.14. The van der Waals surface area contributed by atoms with Gasteiger partial charge in [-0.15, -0.1) is 11.3 Å². The molecule has 1 aromatic heterocycles. The van der Waals surface area contributed by atoms with Crippen LogP contribution in [0.15, 0.2) is 35.3 Å². The monoisotopic (exact) mass is 322 g/mol. The molecule has 2 aromatic rings. The lowest BCUT2D eigenvalue weighted by Gasteiger charge is -2.02. The highest BCUT2D eigenvalue weighted by atomic mass is 35.5. The van der Waals surface area contributed by atoms with Crippen LogP contribution in [0.1, 0.15) is 9.67 Å². The molecule has 4 nitrogen and oxygen atoms in total. The predicted molar refractivity (Wildman–Crippen MR) is 88.4 cm³/mol. The highest BCUT2D eigenvalue weighted by Crippen LogP contribution is 2.36. The summed E-state index contributed by atoms with van der Waals surface area (Å²) >= 11 is 7.08. The molecule has 0 amide bonds.